The lowest BCUT2D eigenvalue weighted by atomic mass is 9.77. The van der Waals surface area contributed by atoms with E-state index in [4.69, 9.17) is 28.3 Å². The van der Waals surface area contributed by atoms with Gasteiger partial charge in [-0.15, -0.1) is 0 Å². The van der Waals surface area contributed by atoms with Crippen LogP contribution in [0.15, 0.2) is 18.2 Å². The third kappa shape index (κ3) is 4.12. The van der Waals surface area contributed by atoms with Crippen molar-refractivity contribution in [2.75, 3.05) is 0 Å². The molecule has 1 aromatic rings. The minimum absolute atomic E-state index is 0.294. The van der Waals surface area contributed by atoms with Gasteiger partial charge in [-0.25, -0.2) is 0 Å². The minimum atomic E-state index is -0.688. The lowest BCUT2D eigenvalue weighted by Gasteiger charge is -2.28. The molecule has 0 unspecified atom stereocenters. The second-order valence-corrected chi connectivity index (χ2v) is 6.14. The second-order valence-electron chi connectivity index (χ2n) is 5.32. The second kappa shape index (κ2) is 6.62. The van der Waals surface area contributed by atoms with Gasteiger partial charge in [-0.05, 0) is 61.6 Å². The molecule has 0 radical (unpaired) electrons. The maximum atomic E-state index is 10.6. The van der Waals surface area contributed by atoms with Gasteiger partial charge in [-0.2, -0.15) is 0 Å². The number of carboxylic acids is 1. The third-order valence-corrected chi connectivity index (χ3v) is 4.77. The standard InChI is InChI=1S/C15H18Cl2O2/c16-13-7-6-12(9-14(13)17)11-4-1-10(2-5-11)3-8-15(18)19/h6-7,9-11H,1-5,8H2,(H,18,19). The Morgan fingerprint density at radius 3 is 2.42 bits per heavy atom. The molecule has 1 fully saturated rings. The van der Waals surface area contributed by atoms with Crippen LogP contribution < -0.4 is 0 Å². The smallest absolute Gasteiger partial charge is 0.303 e. The predicted molar refractivity (Wildman–Crippen MR) is 78.0 cm³/mol. The Hall–Kier alpha value is -0.730. The van der Waals surface area contributed by atoms with E-state index < -0.39 is 5.97 Å². The average Bonchev–Trinajstić information content (AvgIpc) is 2.40. The first kappa shape index (κ1) is 14.7. The maximum absolute atomic E-state index is 10.6. The van der Waals surface area contributed by atoms with Crippen molar-refractivity contribution in [1.29, 1.82) is 0 Å². The molecule has 1 aliphatic carbocycles. The fourth-order valence-corrected chi connectivity index (χ4v) is 3.18. The monoisotopic (exact) mass is 300 g/mol. The fourth-order valence-electron chi connectivity index (χ4n) is 2.88. The highest BCUT2D eigenvalue weighted by molar-refractivity contribution is 6.42. The van der Waals surface area contributed by atoms with Crippen LogP contribution in [0.1, 0.15) is 50.0 Å². The Bertz CT molecular complexity index is 451. The zero-order valence-corrected chi connectivity index (χ0v) is 12.3. The van der Waals surface area contributed by atoms with E-state index in [0.717, 1.165) is 32.1 Å². The molecule has 1 aliphatic rings. The van der Waals surface area contributed by atoms with Crippen LogP contribution in [-0.4, -0.2) is 11.1 Å². The summed E-state index contributed by atoms with van der Waals surface area (Å²) in [5.74, 6) is 0.414. The van der Waals surface area contributed by atoms with E-state index in [1.807, 2.05) is 12.1 Å². The molecule has 0 spiro atoms. The molecule has 1 aromatic carbocycles. The van der Waals surface area contributed by atoms with Crippen molar-refractivity contribution in [2.24, 2.45) is 5.92 Å². The number of benzene rings is 1. The molecule has 0 aromatic heterocycles. The molecule has 104 valence electrons. The first-order valence-electron chi connectivity index (χ1n) is 6.73. The maximum Gasteiger partial charge on any atom is 0.303 e. The summed E-state index contributed by atoms with van der Waals surface area (Å²) in [7, 11) is 0. The number of aliphatic carboxylic acids is 1. The molecule has 1 saturated carbocycles. The van der Waals surface area contributed by atoms with Gasteiger partial charge >= 0.3 is 5.97 Å². The molecule has 1 N–H and O–H groups in total. The Balaban J connectivity index is 1.88. The van der Waals surface area contributed by atoms with Crippen molar-refractivity contribution in [2.45, 2.75) is 44.4 Å². The summed E-state index contributed by atoms with van der Waals surface area (Å²) < 4.78 is 0. The van der Waals surface area contributed by atoms with Crippen LogP contribution in [0.3, 0.4) is 0 Å². The van der Waals surface area contributed by atoms with Crippen LogP contribution in [-0.2, 0) is 4.79 Å². The number of hydrogen-bond acceptors (Lipinski definition) is 1. The first-order valence-corrected chi connectivity index (χ1v) is 7.48. The van der Waals surface area contributed by atoms with E-state index in [1.54, 1.807) is 0 Å². The van der Waals surface area contributed by atoms with Gasteiger partial charge < -0.3 is 5.11 Å². The summed E-state index contributed by atoms with van der Waals surface area (Å²) in [6.07, 6.45) is 5.55. The van der Waals surface area contributed by atoms with Crippen molar-refractivity contribution in [3.05, 3.63) is 33.8 Å². The Morgan fingerprint density at radius 1 is 1.16 bits per heavy atom. The van der Waals surface area contributed by atoms with Crippen LogP contribution in [0, 0.1) is 5.92 Å². The van der Waals surface area contributed by atoms with Gasteiger partial charge in [0.2, 0.25) is 0 Å². The highest BCUT2D eigenvalue weighted by Gasteiger charge is 2.23. The summed E-state index contributed by atoms with van der Waals surface area (Å²) >= 11 is 12.0. The first-order chi connectivity index (χ1) is 9.06. The van der Waals surface area contributed by atoms with Crippen LogP contribution in [0.5, 0.6) is 0 Å². The molecular weight excluding hydrogens is 283 g/mol. The highest BCUT2D eigenvalue weighted by atomic mass is 35.5. The van der Waals surface area contributed by atoms with Gasteiger partial charge in [-0.3, -0.25) is 4.79 Å². The van der Waals surface area contributed by atoms with Crippen molar-refractivity contribution in [3.8, 4) is 0 Å². The SMILES string of the molecule is O=C(O)CCC1CCC(c2ccc(Cl)c(Cl)c2)CC1. The van der Waals surface area contributed by atoms with Crippen LogP contribution in [0.4, 0.5) is 0 Å². The van der Waals surface area contributed by atoms with Gasteiger partial charge in [0.05, 0.1) is 10.0 Å². The molecule has 2 nitrogen and oxygen atoms in total. The summed E-state index contributed by atoms with van der Waals surface area (Å²) in [5, 5.41) is 9.92. The van der Waals surface area contributed by atoms with Gasteiger partial charge in [0.15, 0.2) is 0 Å². The van der Waals surface area contributed by atoms with Gasteiger partial charge in [-0.1, -0.05) is 29.3 Å². The summed E-state index contributed by atoms with van der Waals surface area (Å²) in [4.78, 5) is 10.6. The molecule has 0 amide bonds. The molecule has 0 atom stereocenters. The van der Waals surface area contributed by atoms with E-state index in [9.17, 15) is 4.79 Å². The normalized spacial score (nSPS) is 23.3. The molecule has 2 rings (SSSR count). The number of carbonyl (C=O) groups is 1. The number of hydrogen-bond donors (Lipinski definition) is 1. The van der Waals surface area contributed by atoms with E-state index in [1.165, 1.54) is 5.56 Å². The van der Waals surface area contributed by atoms with Crippen molar-refractivity contribution >= 4 is 29.2 Å². The number of carboxylic acid groups (broad SMARTS) is 1. The van der Waals surface area contributed by atoms with Crippen molar-refractivity contribution in [1.82, 2.24) is 0 Å². The average molecular weight is 301 g/mol. The molecule has 0 saturated heterocycles. The van der Waals surface area contributed by atoms with Crippen LogP contribution in [0.25, 0.3) is 0 Å². The number of halogens is 2. The fraction of sp³-hybridized carbons (Fsp3) is 0.533. The Kier molecular flexibility index (Phi) is 5.12. The zero-order chi connectivity index (χ0) is 13.8. The third-order valence-electron chi connectivity index (χ3n) is 4.03. The zero-order valence-electron chi connectivity index (χ0n) is 10.7. The molecule has 0 bridgehead atoms. The quantitative estimate of drug-likeness (QED) is 0.836. The van der Waals surface area contributed by atoms with Crippen LogP contribution >= 0.6 is 23.2 Å². The molecule has 4 heteroatoms. The molecular formula is C15H18Cl2O2. The van der Waals surface area contributed by atoms with Gasteiger partial charge in [0.25, 0.3) is 0 Å². The van der Waals surface area contributed by atoms with Gasteiger partial charge in [0.1, 0.15) is 0 Å². The van der Waals surface area contributed by atoms with Crippen molar-refractivity contribution < 1.29 is 9.90 Å². The Labute approximate surface area is 123 Å². The Morgan fingerprint density at radius 2 is 1.84 bits per heavy atom. The van der Waals surface area contributed by atoms with Crippen LogP contribution in [0.2, 0.25) is 10.0 Å². The summed E-state index contributed by atoms with van der Waals surface area (Å²) in [6, 6.07) is 5.87. The van der Waals surface area contributed by atoms with E-state index in [2.05, 4.69) is 6.07 Å². The summed E-state index contributed by atoms with van der Waals surface area (Å²) in [6.45, 7) is 0. The molecule has 0 heterocycles. The largest absolute Gasteiger partial charge is 0.481 e. The highest BCUT2D eigenvalue weighted by Crippen LogP contribution is 2.38. The molecule has 19 heavy (non-hydrogen) atoms. The lowest BCUT2D eigenvalue weighted by Crippen LogP contribution is -2.14. The van der Waals surface area contributed by atoms with Crippen molar-refractivity contribution in [3.63, 3.8) is 0 Å². The van der Waals surface area contributed by atoms with E-state index in [0.29, 0.717) is 28.3 Å². The topological polar surface area (TPSA) is 37.3 Å². The summed E-state index contributed by atoms with van der Waals surface area (Å²) in [5.41, 5.74) is 1.26. The van der Waals surface area contributed by atoms with Gasteiger partial charge in [0, 0.05) is 6.42 Å². The molecule has 0 aliphatic heterocycles. The van der Waals surface area contributed by atoms with E-state index in [-0.39, 0.29) is 0 Å². The predicted octanol–water partition coefficient (Wildman–Crippen LogP) is 5.13. The lowest BCUT2D eigenvalue weighted by molar-refractivity contribution is -0.137. The van der Waals surface area contributed by atoms with E-state index >= 15 is 0 Å². The minimum Gasteiger partial charge on any atom is -0.481 e. The number of rotatable bonds is 4.